The summed E-state index contributed by atoms with van der Waals surface area (Å²) in [6, 6.07) is 0. The number of esters is 1. The Hall–Kier alpha value is -0.570. The lowest BCUT2D eigenvalue weighted by atomic mass is 9.28. The number of carbonyl (C=O) groups is 1. The van der Waals surface area contributed by atoms with Gasteiger partial charge in [0.15, 0.2) is 0 Å². The lowest BCUT2D eigenvalue weighted by Crippen LogP contribution is -2.71. The molecular weight excluding hydrogens is 528 g/mol. The summed E-state index contributed by atoms with van der Waals surface area (Å²) in [5.41, 5.74) is 1.05. The van der Waals surface area contributed by atoms with E-state index in [2.05, 4.69) is 83.1 Å². The Kier molecular flexibility index (Phi) is 9.35. The fourth-order valence-electron chi connectivity index (χ4n) is 14.7. The van der Waals surface area contributed by atoms with Gasteiger partial charge in [-0.2, -0.15) is 0 Å². The maximum atomic E-state index is 13.3. The van der Waals surface area contributed by atoms with Crippen molar-refractivity contribution in [2.75, 3.05) is 7.11 Å². The van der Waals surface area contributed by atoms with Crippen molar-refractivity contribution in [2.24, 2.45) is 93.2 Å². The van der Waals surface area contributed by atoms with Crippen LogP contribution in [0.1, 0.15) is 134 Å². The zero-order chi connectivity index (χ0) is 31.8. The summed E-state index contributed by atoms with van der Waals surface area (Å²) in [6.07, 6.45) is 8.83. The van der Waals surface area contributed by atoms with Crippen molar-refractivity contribution in [3.8, 4) is 0 Å². The van der Waals surface area contributed by atoms with Crippen LogP contribution in [0.3, 0.4) is 0 Å². The maximum Gasteiger partial charge on any atom is 0.306 e. The third-order valence-corrected chi connectivity index (χ3v) is 17.2. The highest BCUT2D eigenvalue weighted by atomic mass is 16.5. The molecule has 5 aliphatic carbocycles. The molecule has 5 aliphatic rings. The van der Waals surface area contributed by atoms with E-state index in [4.69, 9.17) is 9.47 Å². The van der Waals surface area contributed by atoms with Gasteiger partial charge in [-0.15, -0.1) is 0 Å². The number of hydrogen-bond acceptors (Lipinski definition) is 3. The summed E-state index contributed by atoms with van der Waals surface area (Å²) in [5.74, 6) is 9.17. The molecule has 0 radical (unpaired) electrons. The van der Waals surface area contributed by atoms with Crippen molar-refractivity contribution in [1.29, 1.82) is 0 Å². The van der Waals surface area contributed by atoms with Crippen LogP contribution in [0.2, 0.25) is 0 Å². The molecule has 0 saturated heterocycles. The van der Waals surface area contributed by atoms with Crippen LogP contribution in [-0.4, -0.2) is 25.3 Å². The Bertz CT molecular complexity index is 998. The van der Waals surface area contributed by atoms with Gasteiger partial charge in [-0.1, -0.05) is 83.1 Å². The molecule has 3 nitrogen and oxygen atoms in total. The highest BCUT2D eigenvalue weighted by molar-refractivity contribution is 5.70. The zero-order valence-corrected chi connectivity index (χ0v) is 30.5. The van der Waals surface area contributed by atoms with Gasteiger partial charge in [0, 0.05) is 13.5 Å². The van der Waals surface area contributed by atoms with Crippen molar-refractivity contribution in [3.63, 3.8) is 0 Å². The number of carbonyl (C=O) groups excluding carboxylic acids is 1. The van der Waals surface area contributed by atoms with Crippen molar-refractivity contribution in [1.82, 2.24) is 0 Å². The summed E-state index contributed by atoms with van der Waals surface area (Å²) >= 11 is 0. The highest BCUT2D eigenvalue weighted by Crippen LogP contribution is 2.78. The van der Waals surface area contributed by atoms with Crippen LogP contribution in [-0.2, 0) is 14.3 Å². The molecule has 5 rings (SSSR count). The summed E-state index contributed by atoms with van der Waals surface area (Å²) < 4.78 is 11.6. The van der Waals surface area contributed by atoms with E-state index in [-0.39, 0.29) is 12.1 Å². The van der Waals surface area contributed by atoms with Crippen LogP contribution in [0, 0.1) is 93.2 Å². The first kappa shape index (κ1) is 33.8. The first-order valence-corrected chi connectivity index (χ1v) is 18.8. The zero-order valence-electron chi connectivity index (χ0n) is 30.5. The first-order chi connectivity index (χ1) is 20.0. The Morgan fingerprint density at radius 1 is 0.791 bits per heavy atom. The van der Waals surface area contributed by atoms with E-state index in [0.717, 1.165) is 67.1 Å². The van der Waals surface area contributed by atoms with E-state index < -0.39 is 0 Å². The number of fused-ring (bicyclic) bond motifs is 3. The molecule has 0 aromatic carbocycles. The van der Waals surface area contributed by atoms with Crippen molar-refractivity contribution >= 4 is 5.97 Å². The van der Waals surface area contributed by atoms with Crippen molar-refractivity contribution in [2.45, 2.75) is 147 Å². The minimum Gasteiger partial charge on any atom is -0.462 e. The minimum atomic E-state index is 0.0605. The third kappa shape index (κ3) is 4.92. The van der Waals surface area contributed by atoms with Crippen LogP contribution in [0.25, 0.3) is 0 Å². The Labute approximate surface area is 266 Å². The van der Waals surface area contributed by atoms with Gasteiger partial charge in [0.05, 0.1) is 6.10 Å². The molecule has 5 saturated carbocycles. The average molecular weight is 599 g/mol. The molecule has 0 aromatic heterocycles. The molecule has 0 N–H and O–H groups in total. The van der Waals surface area contributed by atoms with Gasteiger partial charge < -0.3 is 9.47 Å². The SMILES string of the molecule is COC1CCC(OC(=O)CC2CCC3C(C2C)C(C)C2C(C)C4(C)C(C)C(C(C)C)C(C)CC4(C)C(C)C2(C)C3C)CC1. The molecule has 0 spiro atoms. The Balaban J connectivity index is 1.39. The molecule has 0 bridgehead atoms. The average Bonchev–Trinajstić information content (AvgIpc) is 2.94. The summed E-state index contributed by atoms with van der Waals surface area (Å²) in [7, 11) is 1.80. The van der Waals surface area contributed by atoms with Gasteiger partial charge in [-0.3, -0.25) is 4.79 Å². The van der Waals surface area contributed by atoms with Gasteiger partial charge in [-0.05, 0) is 138 Å². The predicted molar refractivity (Wildman–Crippen MR) is 178 cm³/mol. The number of rotatable bonds is 5. The summed E-state index contributed by atoms with van der Waals surface area (Å²) in [4.78, 5) is 13.3. The van der Waals surface area contributed by atoms with Gasteiger partial charge >= 0.3 is 5.97 Å². The van der Waals surface area contributed by atoms with Crippen LogP contribution in [0.4, 0.5) is 0 Å². The first-order valence-electron chi connectivity index (χ1n) is 18.8. The molecule has 0 heterocycles. The minimum absolute atomic E-state index is 0.0605. The third-order valence-electron chi connectivity index (χ3n) is 17.2. The molecule has 15 atom stereocenters. The van der Waals surface area contributed by atoms with Crippen LogP contribution < -0.4 is 0 Å². The molecule has 0 amide bonds. The van der Waals surface area contributed by atoms with Gasteiger partial charge in [0.1, 0.15) is 6.10 Å². The van der Waals surface area contributed by atoms with Crippen molar-refractivity contribution in [3.05, 3.63) is 0 Å². The van der Waals surface area contributed by atoms with Crippen molar-refractivity contribution < 1.29 is 14.3 Å². The second kappa shape index (κ2) is 11.9. The molecule has 3 heteroatoms. The maximum absolute atomic E-state index is 13.3. The standard InChI is InChI=1S/C40H70O3/c1-22(2)35-23(3)21-38(10)29(9)39(11)26(6)33-19-14-30(20-34(41)43-32-17-15-31(42-13)16-18-32)24(4)36(33)25(5)37(39)28(8)40(38,12)27(35)7/h22-33,35-37H,14-21H2,1-13H3. The normalized spacial score (nSPS) is 55.2. The van der Waals surface area contributed by atoms with Gasteiger partial charge in [-0.25, -0.2) is 0 Å². The van der Waals surface area contributed by atoms with E-state index in [1.807, 2.05) is 0 Å². The van der Waals surface area contributed by atoms with Gasteiger partial charge in [0.2, 0.25) is 0 Å². The predicted octanol–water partition coefficient (Wildman–Crippen LogP) is 10.3. The smallest absolute Gasteiger partial charge is 0.306 e. The highest BCUT2D eigenvalue weighted by Gasteiger charge is 2.72. The number of hydrogen-bond donors (Lipinski definition) is 0. The lowest BCUT2D eigenvalue weighted by Gasteiger charge is -2.77. The Morgan fingerprint density at radius 2 is 1.40 bits per heavy atom. The second-order valence-corrected chi connectivity index (χ2v) is 18.3. The fraction of sp³-hybridized carbons (Fsp3) is 0.975. The van der Waals surface area contributed by atoms with E-state index in [1.165, 1.54) is 19.3 Å². The van der Waals surface area contributed by atoms with Crippen LogP contribution in [0.5, 0.6) is 0 Å². The van der Waals surface area contributed by atoms with E-state index in [1.54, 1.807) is 7.11 Å². The molecule has 15 unspecified atom stereocenters. The molecule has 43 heavy (non-hydrogen) atoms. The van der Waals surface area contributed by atoms with Crippen LogP contribution in [0.15, 0.2) is 0 Å². The molecule has 248 valence electrons. The van der Waals surface area contributed by atoms with E-state index >= 15 is 0 Å². The number of ether oxygens (including phenoxy) is 2. The van der Waals surface area contributed by atoms with E-state index in [9.17, 15) is 4.79 Å². The molecular formula is C40H70O3. The van der Waals surface area contributed by atoms with Gasteiger partial charge in [0.25, 0.3) is 0 Å². The quantitative estimate of drug-likeness (QED) is 0.295. The molecule has 0 aliphatic heterocycles. The monoisotopic (exact) mass is 599 g/mol. The largest absolute Gasteiger partial charge is 0.462 e. The molecule has 0 aromatic rings. The second-order valence-electron chi connectivity index (χ2n) is 18.3. The lowest BCUT2D eigenvalue weighted by molar-refractivity contribution is -0.291. The summed E-state index contributed by atoms with van der Waals surface area (Å²) in [6.45, 7) is 31.7. The fourth-order valence-corrected chi connectivity index (χ4v) is 14.7. The summed E-state index contributed by atoms with van der Waals surface area (Å²) in [5, 5.41) is 0. The van der Waals surface area contributed by atoms with Crippen LogP contribution >= 0.6 is 0 Å². The number of methoxy groups -OCH3 is 1. The van der Waals surface area contributed by atoms with E-state index in [0.29, 0.717) is 64.3 Å². The molecule has 5 fully saturated rings. The Morgan fingerprint density at radius 3 is 1.98 bits per heavy atom. The topological polar surface area (TPSA) is 35.5 Å².